The lowest BCUT2D eigenvalue weighted by molar-refractivity contribution is -0.113. The number of rotatable bonds is 7. The number of aromatic nitrogens is 3. The predicted octanol–water partition coefficient (Wildman–Crippen LogP) is 5.21. The number of nitrogens with one attached hydrogen (secondary N) is 1. The quantitative estimate of drug-likeness (QED) is 0.411. The molecule has 1 N–H and O–H groups in total. The maximum absolute atomic E-state index is 12.7. The van der Waals surface area contributed by atoms with Crippen LogP contribution in [-0.4, -0.2) is 26.4 Å². The molecule has 0 aliphatic rings. The maximum Gasteiger partial charge on any atom is 0.234 e. The van der Waals surface area contributed by atoms with E-state index >= 15 is 0 Å². The van der Waals surface area contributed by atoms with E-state index in [4.69, 9.17) is 0 Å². The first-order valence-corrected chi connectivity index (χ1v) is 11.1. The summed E-state index contributed by atoms with van der Waals surface area (Å²) in [6.45, 7) is 3.97. The van der Waals surface area contributed by atoms with Crippen LogP contribution in [0.3, 0.4) is 0 Å². The van der Waals surface area contributed by atoms with Crippen molar-refractivity contribution in [1.82, 2.24) is 14.8 Å². The van der Waals surface area contributed by atoms with Crippen molar-refractivity contribution in [3.8, 4) is 5.69 Å². The van der Waals surface area contributed by atoms with Gasteiger partial charge in [0.25, 0.3) is 0 Å². The highest BCUT2D eigenvalue weighted by Crippen LogP contribution is 2.24. The molecule has 0 bridgehead atoms. The number of carbonyl (C=O) groups excluding carboxylic acids is 1. The molecule has 31 heavy (non-hydrogen) atoms. The first kappa shape index (κ1) is 20.9. The van der Waals surface area contributed by atoms with Crippen molar-refractivity contribution in [1.29, 1.82) is 0 Å². The molecule has 0 radical (unpaired) electrons. The van der Waals surface area contributed by atoms with Crippen LogP contribution >= 0.6 is 11.8 Å². The van der Waals surface area contributed by atoms with Crippen molar-refractivity contribution in [2.45, 2.75) is 25.4 Å². The Kier molecular flexibility index (Phi) is 6.48. The molecule has 1 aromatic heterocycles. The van der Waals surface area contributed by atoms with Gasteiger partial charge in [-0.2, -0.15) is 0 Å². The van der Waals surface area contributed by atoms with Crippen LogP contribution in [0.1, 0.15) is 22.5 Å². The molecule has 156 valence electrons. The maximum atomic E-state index is 12.7. The molecule has 1 amide bonds. The second-order valence-corrected chi connectivity index (χ2v) is 8.30. The number of hydrogen-bond donors (Lipinski definition) is 1. The molecular weight excluding hydrogens is 404 g/mol. The van der Waals surface area contributed by atoms with E-state index in [2.05, 4.69) is 46.7 Å². The normalized spacial score (nSPS) is 10.8. The molecule has 3 aromatic carbocycles. The zero-order valence-corrected chi connectivity index (χ0v) is 18.4. The minimum absolute atomic E-state index is 0.0676. The lowest BCUT2D eigenvalue weighted by Crippen LogP contribution is -2.16. The van der Waals surface area contributed by atoms with Gasteiger partial charge in [-0.1, -0.05) is 72.4 Å². The molecule has 0 unspecified atom stereocenters. The Morgan fingerprint density at radius 3 is 2.52 bits per heavy atom. The molecule has 5 nitrogen and oxygen atoms in total. The SMILES string of the molecule is Cc1cccc(-n2c(C)nnc2SCC(=O)Nc2ccccc2Cc2ccccc2)c1. The zero-order valence-electron chi connectivity index (χ0n) is 17.6. The van der Waals surface area contributed by atoms with Gasteiger partial charge in [0.2, 0.25) is 5.91 Å². The van der Waals surface area contributed by atoms with Crippen molar-refractivity contribution in [3.63, 3.8) is 0 Å². The Balaban J connectivity index is 1.45. The number of carbonyl (C=O) groups is 1. The Hall–Kier alpha value is -3.38. The standard InChI is InChI=1S/C25H24N4OS/c1-18-9-8-13-22(15-18)29-19(2)27-28-25(29)31-17-24(30)26-23-14-7-6-12-21(23)16-20-10-4-3-5-11-20/h3-15H,16-17H2,1-2H3,(H,26,30). The van der Waals surface area contributed by atoms with E-state index < -0.39 is 0 Å². The van der Waals surface area contributed by atoms with Crippen LogP contribution in [0, 0.1) is 13.8 Å². The summed E-state index contributed by atoms with van der Waals surface area (Å²) in [6.07, 6.45) is 0.769. The molecule has 0 aliphatic carbocycles. The van der Waals surface area contributed by atoms with E-state index in [1.54, 1.807) is 0 Å². The zero-order chi connectivity index (χ0) is 21.6. The van der Waals surface area contributed by atoms with Crippen molar-refractivity contribution in [2.75, 3.05) is 11.1 Å². The number of benzene rings is 3. The van der Waals surface area contributed by atoms with Crippen LogP contribution in [0.15, 0.2) is 84.0 Å². The molecule has 0 fully saturated rings. The molecule has 0 saturated carbocycles. The van der Waals surface area contributed by atoms with Gasteiger partial charge in [0.05, 0.1) is 5.75 Å². The van der Waals surface area contributed by atoms with Crippen LogP contribution in [0.25, 0.3) is 5.69 Å². The highest BCUT2D eigenvalue weighted by atomic mass is 32.2. The van der Waals surface area contributed by atoms with Crippen molar-refractivity contribution < 1.29 is 4.79 Å². The van der Waals surface area contributed by atoms with E-state index in [-0.39, 0.29) is 11.7 Å². The summed E-state index contributed by atoms with van der Waals surface area (Å²) < 4.78 is 1.98. The van der Waals surface area contributed by atoms with Gasteiger partial charge < -0.3 is 5.32 Å². The summed E-state index contributed by atoms with van der Waals surface area (Å²) in [5, 5.41) is 12.2. The summed E-state index contributed by atoms with van der Waals surface area (Å²) >= 11 is 1.38. The van der Waals surface area contributed by atoms with E-state index in [1.807, 2.05) is 66.1 Å². The van der Waals surface area contributed by atoms with Gasteiger partial charge in [-0.3, -0.25) is 9.36 Å². The van der Waals surface area contributed by atoms with Crippen molar-refractivity contribution in [2.24, 2.45) is 0 Å². The molecule has 6 heteroatoms. The first-order valence-electron chi connectivity index (χ1n) is 10.1. The van der Waals surface area contributed by atoms with E-state index in [0.29, 0.717) is 5.16 Å². The largest absolute Gasteiger partial charge is 0.325 e. The summed E-state index contributed by atoms with van der Waals surface area (Å²) in [4.78, 5) is 12.7. The van der Waals surface area contributed by atoms with Crippen molar-refractivity contribution in [3.05, 3.63) is 101 Å². The minimum atomic E-state index is -0.0676. The fourth-order valence-electron chi connectivity index (χ4n) is 3.43. The average Bonchev–Trinajstić information content (AvgIpc) is 3.15. The second kappa shape index (κ2) is 9.62. The molecular formula is C25H24N4OS. The van der Waals surface area contributed by atoms with Crippen LogP contribution in [0.4, 0.5) is 5.69 Å². The highest BCUT2D eigenvalue weighted by Gasteiger charge is 2.14. The van der Waals surface area contributed by atoms with Gasteiger partial charge >= 0.3 is 0 Å². The summed E-state index contributed by atoms with van der Waals surface area (Å²) in [5.41, 5.74) is 5.30. The fraction of sp³-hybridized carbons (Fsp3) is 0.160. The van der Waals surface area contributed by atoms with Crippen LogP contribution in [0.2, 0.25) is 0 Å². The van der Waals surface area contributed by atoms with Crippen LogP contribution < -0.4 is 5.32 Å². The van der Waals surface area contributed by atoms with Gasteiger partial charge in [-0.15, -0.1) is 10.2 Å². The Morgan fingerprint density at radius 1 is 0.935 bits per heavy atom. The Morgan fingerprint density at radius 2 is 1.71 bits per heavy atom. The fourth-order valence-corrected chi connectivity index (χ4v) is 4.23. The average molecular weight is 429 g/mol. The van der Waals surface area contributed by atoms with Crippen molar-refractivity contribution >= 4 is 23.4 Å². The smallest absolute Gasteiger partial charge is 0.234 e. The first-order chi connectivity index (χ1) is 15.1. The van der Waals surface area contributed by atoms with Gasteiger partial charge in [0.15, 0.2) is 5.16 Å². The van der Waals surface area contributed by atoms with Crippen LogP contribution in [-0.2, 0) is 11.2 Å². The molecule has 0 atom stereocenters. The van der Waals surface area contributed by atoms with Gasteiger partial charge in [0.1, 0.15) is 5.82 Å². The third kappa shape index (κ3) is 5.22. The number of thioether (sulfide) groups is 1. The second-order valence-electron chi connectivity index (χ2n) is 7.36. The van der Waals surface area contributed by atoms with Gasteiger partial charge in [-0.25, -0.2) is 0 Å². The highest BCUT2D eigenvalue weighted by molar-refractivity contribution is 7.99. The minimum Gasteiger partial charge on any atom is -0.325 e. The lowest BCUT2D eigenvalue weighted by Gasteiger charge is -2.12. The Bertz CT molecular complexity index is 1190. The summed E-state index contributed by atoms with van der Waals surface area (Å²) in [7, 11) is 0. The van der Waals surface area contributed by atoms with E-state index in [9.17, 15) is 4.79 Å². The van der Waals surface area contributed by atoms with E-state index in [1.165, 1.54) is 17.3 Å². The van der Waals surface area contributed by atoms with Crippen LogP contribution in [0.5, 0.6) is 0 Å². The monoisotopic (exact) mass is 428 g/mol. The number of aryl methyl sites for hydroxylation is 2. The number of hydrogen-bond acceptors (Lipinski definition) is 4. The van der Waals surface area contributed by atoms with Gasteiger partial charge in [-0.05, 0) is 55.2 Å². The summed E-state index contributed by atoms with van der Waals surface area (Å²) in [5.74, 6) is 0.979. The number of anilines is 1. The molecule has 0 spiro atoms. The topological polar surface area (TPSA) is 59.8 Å². The third-order valence-corrected chi connectivity index (χ3v) is 5.85. The molecule has 1 heterocycles. The lowest BCUT2D eigenvalue weighted by atomic mass is 10.0. The number of nitrogens with zero attached hydrogens (tertiary/aromatic N) is 3. The predicted molar refractivity (Wildman–Crippen MR) is 126 cm³/mol. The van der Waals surface area contributed by atoms with E-state index in [0.717, 1.165) is 34.7 Å². The molecule has 4 rings (SSSR count). The molecule has 0 saturated heterocycles. The Labute approximate surface area is 186 Å². The molecule has 4 aromatic rings. The summed E-state index contributed by atoms with van der Waals surface area (Å²) in [6, 6.07) is 26.3. The molecule has 0 aliphatic heterocycles. The van der Waals surface area contributed by atoms with Gasteiger partial charge in [0, 0.05) is 11.4 Å². The third-order valence-electron chi connectivity index (χ3n) is 4.92. The number of para-hydroxylation sites is 1. The number of amides is 1.